The molecule has 2 N–H and O–H groups in total. The molecule has 7 heteroatoms. The maximum absolute atomic E-state index is 12.5. The Morgan fingerprint density at radius 3 is 2.52 bits per heavy atom. The van der Waals surface area contributed by atoms with E-state index in [1.807, 2.05) is 25.3 Å². The number of hydrogen-bond donors (Lipinski definition) is 2. The Kier molecular flexibility index (Phi) is 5.69. The van der Waals surface area contributed by atoms with Crippen LogP contribution in [0.2, 0.25) is 0 Å². The van der Waals surface area contributed by atoms with Crippen molar-refractivity contribution >= 4 is 38.8 Å². The molecular formula is C14H18N2O2S3. The summed E-state index contributed by atoms with van der Waals surface area (Å²) in [7, 11) is -3.54. The van der Waals surface area contributed by atoms with E-state index in [9.17, 15) is 8.42 Å². The lowest BCUT2D eigenvalue weighted by Gasteiger charge is -2.09. The summed E-state index contributed by atoms with van der Waals surface area (Å²) in [6.45, 7) is 3.37. The van der Waals surface area contributed by atoms with Crippen molar-refractivity contribution in [2.45, 2.75) is 23.3 Å². The van der Waals surface area contributed by atoms with Gasteiger partial charge < -0.3 is 5.32 Å². The number of rotatable bonds is 7. The summed E-state index contributed by atoms with van der Waals surface area (Å²) in [6, 6.07) is 9.00. The molecule has 0 atom stereocenters. The molecule has 0 aliphatic rings. The number of nitrogens with one attached hydrogen (secondary N) is 2. The number of thiophene rings is 1. The van der Waals surface area contributed by atoms with Crippen LogP contribution in [0.4, 0.5) is 5.69 Å². The second-order valence-electron chi connectivity index (χ2n) is 4.32. The lowest BCUT2D eigenvalue weighted by atomic mass is 10.3. The molecule has 0 saturated carbocycles. The van der Waals surface area contributed by atoms with Gasteiger partial charge in [-0.3, -0.25) is 4.72 Å². The highest BCUT2D eigenvalue weighted by Gasteiger charge is 2.19. The van der Waals surface area contributed by atoms with Crippen LogP contribution in [0.25, 0.3) is 0 Å². The van der Waals surface area contributed by atoms with Crippen LogP contribution in [0.5, 0.6) is 0 Å². The molecule has 0 unspecified atom stereocenters. The minimum absolute atomic E-state index is 0.349. The summed E-state index contributed by atoms with van der Waals surface area (Å²) in [5, 5.41) is 4.96. The maximum atomic E-state index is 12.5. The van der Waals surface area contributed by atoms with Crippen molar-refractivity contribution in [3.63, 3.8) is 0 Å². The van der Waals surface area contributed by atoms with Crippen molar-refractivity contribution in [3.8, 4) is 0 Å². The van der Waals surface area contributed by atoms with E-state index in [2.05, 4.69) is 10.0 Å². The van der Waals surface area contributed by atoms with Gasteiger partial charge in [0.2, 0.25) is 0 Å². The fourth-order valence-corrected chi connectivity index (χ4v) is 4.69. The molecule has 1 aromatic heterocycles. The van der Waals surface area contributed by atoms with Crippen LogP contribution in [-0.4, -0.2) is 21.2 Å². The van der Waals surface area contributed by atoms with Crippen LogP contribution < -0.4 is 10.0 Å². The third kappa shape index (κ3) is 4.23. The van der Waals surface area contributed by atoms with Crippen LogP contribution in [-0.2, 0) is 16.6 Å². The molecule has 2 aromatic rings. The van der Waals surface area contributed by atoms with E-state index in [-0.39, 0.29) is 0 Å². The minimum Gasteiger partial charge on any atom is -0.312 e. The van der Waals surface area contributed by atoms with Gasteiger partial charge in [0, 0.05) is 22.0 Å². The summed E-state index contributed by atoms with van der Waals surface area (Å²) >= 11 is 3.07. The topological polar surface area (TPSA) is 58.2 Å². The normalized spacial score (nSPS) is 11.5. The van der Waals surface area contributed by atoms with E-state index in [1.54, 1.807) is 35.3 Å². The van der Waals surface area contributed by atoms with Crippen LogP contribution in [0.15, 0.2) is 45.5 Å². The molecular weight excluding hydrogens is 324 g/mol. The standard InChI is InChI=1S/C14H18N2O2S3/c1-3-15-10-13-14(8-9-20-13)21(17,18)16-11-4-6-12(19-2)7-5-11/h4-9,15-16H,3,10H2,1-2H3. The number of sulfonamides is 1. The summed E-state index contributed by atoms with van der Waals surface area (Å²) in [5.74, 6) is 0. The van der Waals surface area contributed by atoms with E-state index in [4.69, 9.17) is 0 Å². The predicted octanol–water partition coefficient (Wildman–Crippen LogP) is 3.38. The van der Waals surface area contributed by atoms with E-state index in [0.29, 0.717) is 17.1 Å². The highest BCUT2D eigenvalue weighted by atomic mass is 32.2. The summed E-state index contributed by atoms with van der Waals surface area (Å²) in [5.41, 5.74) is 0.577. The maximum Gasteiger partial charge on any atom is 0.263 e. The first-order chi connectivity index (χ1) is 10.1. The SMILES string of the molecule is CCNCc1sccc1S(=O)(=O)Nc1ccc(SC)cc1. The molecule has 0 spiro atoms. The molecule has 1 heterocycles. The van der Waals surface area contributed by atoms with Crippen molar-refractivity contribution < 1.29 is 8.42 Å². The molecule has 2 rings (SSSR count). The second-order valence-corrected chi connectivity index (χ2v) is 7.85. The molecule has 0 saturated heterocycles. The van der Waals surface area contributed by atoms with Crippen molar-refractivity contribution in [1.29, 1.82) is 0 Å². The van der Waals surface area contributed by atoms with Crippen molar-refractivity contribution in [2.75, 3.05) is 17.5 Å². The molecule has 21 heavy (non-hydrogen) atoms. The Bertz CT molecular complexity index is 678. The smallest absolute Gasteiger partial charge is 0.263 e. The monoisotopic (exact) mass is 342 g/mol. The second kappa shape index (κ2) is 7.31. The summed E-state index contributed by atoms with van der Waals surface area (Å²) in [4.78, 5) is 2.27. The van der Waals surface area contributed by atoms with Crippen LogP contribution >= 0.6 is 23.1 Å². The Balaban J connectivity index is 2.19. The van der Waals surface area contributed by atoms with Gasteiger partial charge in [-0.05, 0) is 48.5 Å². The Morgan fingerprint density at radius 2 is 1.90 bits per heavy atom. The van der Waals surface area contributed by atoms with Crippen LogP contribution in [0.1, 0.15) is 11.8 Å². The van der Waals surface area contributed by atoms with Crippen molar-refractivity contribution in [3.05, 3.63) is 40.6 Å². The predicted molar refractivity (Wildman–Crippen MR) is 90.7 cm³/mol. The number of anilines is 1. The van der Waals surface area contributed by atoms with Gasteiger partial charge in [-0.25, -0.2) is 8.42 Å². The molecule has 114 valence electrons. The average molecular weight is 343 g/mol. The zero-order valence-corrected chi connectivity index (χ0v) is 14.4. The molecule has 0 radical (unpaired) electrons. The Hall–Kier alpha value is -1.02. The van der Waals surface area contributed by atoms with E-state index < -0.39 is 10.0 Å². The van der Waals surface area contributed by atoms with Gasteiger partial charge in [-0.1, -0.05) is 6.92 Å². The van der Waals surface area contributed by atoms with Gasteiger partial charge in [-0.15, -0.1) is 23.1 Å². The van der Waals surface area contributed by atoms with Gasteiger partial charge in [0.15, 0.2) is 0 Å². The Labute approximate surface area is 134 Å². The quantitative estimate of drug-likeness (QED) is 0.757. The van der Waals surface area contributed by atoms with E-state index >= 15 is 0 Å². The van der Waals surface area contributed by atoms with Gasteiger partial charge >= 0.3 is 0 Å². The van der Waals surface area contributed by atoms with Gasteiger partial charge in [-0.2, -0.15) is 0 Å². The Morgan fingerprint density at radius 1 is 1.19 bits per heavy atom. The lowest BCUT2D eigenvalue weighted by Crippen LogP contribution is -2.17. The largest absolute Gasteiger partial charge is 0.312 e. The highest BCUT2D eigenvalue weighted by molar-refractivity contribution is 7.98. The van der Waals surface area contributed by atoms with Crippen molar-refractivity contribution in [2.24, 2.45) is 0 Å². The van der Waals surface area contributed by atoms with Gasteiger partial charge in [0.05, 0.1) is 0 Å². The van der Waals surface area contributed by atoms with E-state index in [1.165, 1.54) is 11.3 Å². The number of benzene rings is 1. The molecule has 0 amide bonds. The third-order valence-corrected chi connectivity index (χ3v) is 6.13. The molecule has 4 nitrogen and oxygen atoms in total. The van der Waals surface area contributed by atoms with Gasteiger partial charge in [0.25, 0.3) is 10.0 Å². The van der Waals surface area contributed by atoms with Crippen molar-refractivity contribution in [1.82, 2.24) is 5.32 Å². The van der Waals surface area contributed by atoms with Crippen LogP contribution in [0.3, 0.4) is 0 Å². The number of thioether (sulfide) groups is 1. The molecule has 0 bridgehead atoms. The molecule has 0 aliphatic carbocycles. The zero-order chi connectivity index (χ0) is 15.3. The number of hydrogen-bond acceptors (Lipinski definition) is 5. The first-order valence-corrected chi connectivity index (χ1v) is 10.1. The van der Waals surface area contributed by atoms with E-state index in [0.717, 1.165) is 16.3 Å². The van der Waals surface area contributed by atoms with Crippen LogP contribution in [0, 0.1) is 0 Å². The fourth-order valence-electron chi connectivity index (χ4n) is 1.80. The lowest BCUT2D eigenvalue weighted by molar-refractivity contribution is 0.599. The molecule has 0 aliphatic heterocycles. The van der Waals surface area contributed by atoms with Gasteiger partial charge in [0.1, 0.15) is 4.90 Å². The zero-order valence-electron chi connectivity index (χ0n) is 11.9. The first-order valence-electron chi connectivity index (χ1n) is 6.50. The summed E-state index contributed by atoms with van der Waals surface area (Å²) < 4.78 is 27.6. The first kappa shape index (κ1) is 16.4. The molecule has 0 fully saturated rings. The third-order valence-electron chi connectivity index (χ3n) is 2.87. The fraction of sp³-hybridized carbons (Fsp3) is 0.286. The average Bonchev–Trinajstić information content (AvgIpc) is 2.95. The minimum atomic E-state index is -3.54. The highest BCUT2D eigenvalue weighted by Crippen LogP contribution is 2.25. The summed E-state index contributed by atoms with van der Waals surface area (Å²) in [6.07, 6.45) is 1.98. The molecule has 1 aromatic carbocycles.